The first-order valence-electron chi connectivity index (χ1n) is 5.26. The second-order valence-electron chi connectivity index (χ2n) is 4.80. The van der Waals surface area contributed by atoms with Gasteiger partial charge in [0, 0.05) is 11.1 Å². The summed E-state index contributed by atoms with van der Waals surface area (Å²) in [7, 11) is 0. The minimum Gasteiger partial charge on any atom is -0.308 e. The predicted octanol–water partition coefficient (Wildman–Crippen LogP) is 3.60. The van der Waals surface area contributed by atoms with Crippen molar-refractivity contribution in [2.24, 2.45) is 0 Å². The van der Waals surface area contributed by atoms with Crippen LogP contribution in [0.3, 0.4) is 0 Å². The van der Waals surface area contributed by atoms with Crippen LogP contribution in [0.25, 0.3) is 11.4 Å². The fourth-order valence-corrected chi connectivity index (χ4v) is 2.03. The van der Waals surface area contributed by atoms with E-state index in [0.717, 1.165) is 0 Å². The summed E-state index contributed by atoms with van der Waals surface area (Å²) in [5.41, 5.74) is 0.558. The minimum absolute atomic E-state index is 0.148. The Kier molecular flexibility index (Phi) is 3.03. The highest BCUT2D eigenvalue weighted by Gasteiger charge is 2.20. The smallest absolute Gasteiger partial charge is 0.165 e. The number of nitrogens with zero attached hydrogens (tertiary/aromatic N) is 3. The van der Waals surface area contributed by atoms with Crippen LogP contribution in [0.2, 0.25) is 0 Å². The molecule has 0 spiro atoms. The zero-order chi connectivity index (χ0) is 12.6. The molecular formula is C12H13BrFN3. The van der Waals surface area contributed by atoms with Gasteiger partial charge in [-0.2, -0.15) is 0 Å². The van der Waals surface area contributed by atoms with Crippen molar-refractivity contribution in [1.82, 2.24) is 14.8 Å². The molecule has 0 N–H and O–H groups in total. The largest absolute Gasteiger partial charge is 0.308 e. The molecule has 1 aromatic heterocycles. The van der Waals surface area contributed by atoms with Crippen molar-refractivity contribution in [1.29, 1.82) is 0 Å². The molecule has 0 aliphatic heterocycles. The molecule has 0 unspecified atom stereocenters. The van der Waals surface area contributed by atoms with Crippen molar-refractivity contribution in [3.63, 3.8) is 0 Å². The molecule has 2 rings (SSSR count). The Balaban J connectivity index is 2.62. The molecule has 1 heterocycles. The van der Waals surface area contributed by atoms with E-state index in [1.807, 2.05) is 31.4 Å². The van der Waals surface area contributed by atoms with E-state index in [2.05, 4.69) is 26.1 Å². The van der Waals surface area contributed by atoms with Crippen molar-refractivity contribution < 1.29 is 4.39 Å². The van der Waals surface area contributed by atoms with Gasteiger partial charge in [0.05, 0.1) is 4.47 Å². The molecular weight excluding hydrogens is 285 g/mol. The van der Waals surface area contributed by atoms with Crippen LogP contribution in [-0.2, 0) is 5.54 Å². The lowest BCUT2D eigenvalue weighted by molar-refractivity contribution is 0.399. The van der Waals surface area contributed by atoms with E-state index in [1.165, 1.54) is 6.07 Å². The zero-order valence-corrected chi connectivity index (χ0v) is 11.5. The van der Waals surface area contributed by atoms with Gasteiger partial charge in [-0.15, -0.1) is 10.2 Å². The highest BCUT2D eigenvalue weighted by atomic mass is 79.9. The SMILES string of the molecule is CC(C)(C)n1cnnc1-c1cccc(F)c1Br. The maximum Gasteiger partial charge on any atom is 0.165 e. The van der Waals surface area contributed by atoms with Crippen molar-refractivity contribution >= 4 is 15.9 Å². The average molecular weight is 298 g/mol. The first-order chi connectivity index (χ1) is 7.91. The molecule has 0 aliphatic carbocycles. The number of rotatable bonds is 1. The third-order valence-electron chi connectivity index (χ3n) is 2.46. The molecule has 5 heteroatoms. The fraction of sp³-hybridized carbons (Fsp3) is 0.333. The van der Waals surface area contributed by atoms with E-state index in [1.54, 1.807) is 12.4 Å². The monoisotopic (exact) mass is 297 g/mol. The Bertz CT molecular complexity index is 543. The van der Waals surface area contributed by atoms with Crippen LogP contribution < -0.4 is 0 Å². The van der Waals surface area contributed by atoms with Gasteiger partial charge in [0.2, 0.25) is 0 Å². The van der Waals surface area contributed by atoms with E-state index in [9.17, 15) is 4.39 Å². The quantitative estimate of drug-likeness (QED) is 0.805. The third kappa shape index (κ3) is 2.24. The average Bonchev–Trinajstić information content (AvgIpc) is 2.70. The Morgan fingerprint density at radius 2 is 2.00 bits per heavy atom. The lowest BCUT2D eigenvalue weighted by Gasteiger charge is -2.22. The second kappa shape index (κ2) is 4.22. The molecule has 0 saturated heterocycles. The van der Waals surface area contributed by atoms with Crippen molar-refractivity contribution in [2.45, 2.75) is 26.3 Å². The molecule has 0 aliphatic rings. The molecule has 0 saturated carbocycles. The van der Waals surface area contributed by atoms with E-state index < -0.39 is 0 Å². The lowest BCUT2D eigenvalue weighted by Crippen LogP contribution is -2.22. The number of aromatic nitrogens is 3. The summed E-state index contributed by atoms with van der Waals surface area (Å²) in [5.74, 6) is 0.356. The molecule has 1 aromatic carbocycles. The Morgan fingerprint density at radius 3 is 2.65 bits per heavy atom. The van der Waals surface area contributed by atoms with Crippen LogP contribution in [0.15, 0.2) is 29.0 Å². The Hall–Kier alpha value is -1.23. The van der Waals surface area contributed by atoms with E-state index in [0.29, 0.717) is 15.9 Å². The summed E-state index contributed by atoms with van der Waals surface area (Å²) in [4.78, 5) is 0. The molecule has 0 bridgehead atoms. The van der Waals surface area contributed by atoms with Gasteiger partial charge in [0.15, 0.2) is 5.82 Å². The summed E-state index contributed by atoms with van der Waals surface area (Å²) < 4.78 is 15.8. The fourth-order valence-electron chi connectivity index (χ4n) is 1.59. The van der Waals surface area contributed by atoms with Gasteiger partial charge in [0.1, 0.15) is 12.1 Å². The molecule has 0 amide bonds. The maximum atomic E-state index is 13.5. The van der Waals surface area contributed by atoms with Crippen LogP contribution in [0.4, 0.5) is 4.39 Å². The molecule has 0 radical (unpaired) electrons. The van der Waals surface area contributed by atoms with E-state index in [4.69, 9.17) is 0 Å². The van der Waals surface area contributed by atoms with Crippen molar-refractivity contribution in [3.8, 4) is 11.4 Å². The Labute approximate surface area is 108 Å². The van der Waals surface area contributed by atoms with Crippen LogP contribution in [0, 0.1) is 5.82 Å². The zero-order valence-electron chi connectivity index (χ0n) is 9.91. The van der Waals surface area contributed by atoms with Crippen molar-refractivity contribution in [2.75, 3.05) is 0 Å². The van der Waals surface area contributed by atoms with Crippen molar-refractivity contribution in [3.05, 3.63) is 34.8 Å². The maximum absolute atomic E-state index is 13.5. The molecule has 17 heavy (non-hydrogen) atoms. The standard InChI is InChI=1S/C12H13BrFN3/c1-12(2,3)17-7-15-16-11(17)8-5-4-6-9(14)10(8)13/h4-7H,1-3H3. The number of halogens is 2. The number of benzene rings is 1. The van der Waals surface area contributed by atoms with Gasteiger partial charge in [-0.3, -0.25) is 0 Å². The minimum atomic E-state index is -0.300. The Morgan fingerprint density at radius 1 is 1.29 bits per heavy atom. The molecule has 2 aromatic rings. The van der Waals surface area contributed by atoms with E-state index >= 15 is 0 Å². The first kappa shape index (κ1) is 12.2. The van der Waals surface area contributed by atoms with Crippen LogP contribution in [0.1, 0.15) is 20.8 Å². The summed E-state index contributed by atoms with van der Waals surface area (Å²) in [6, 6.07) is 4.89. The summed E-state index contributed by atoms with van der Waals surface area (Å²) >= 11 is 3.25. The van der Waals surface area contributed by atoms with Gasteiger partial charge in [-0.05, 0) is 48.8 Å². The van der Waals surface area contributed by atoms with Gasteiger partial charge in [-0.25, -0.2) is 4.39 Å². The summed E-state index contributed by atoms with van der Waals surface area (Å²) in [6.45, 7) is 6.15. The highest BCUT2D eigenvalue weighted by Crippen LogP contribution is 2.31. The number of hydrogen-bond acceptors (Lipinski definition) is 2. The van der Waals surface area contributed by atoms with Crippen LogP contribution in [0.5, 0.6) is 0 Å². The molecule has 90 valence electrons. The molecule has 0 fully saturated rings. The first-order valence-corrected chi connectivity index (χ1v) is 6.05. The third-order valence-corrected chi connectivity index (χ3v) is 3.27. The highest BCUT2D eigenvalue weighted by molar-refractivity contribution is 9.10. The van der Waals surface area contributed by atoms with Gasteiger partial charge in [0.25, 0.3) is 0 Å². The summed E-state index contributed by atoms with van der Waals surface area (Å²) in [6.07, 6.45) is 1.66. The van der Waals surface area contributed by atoms with E-state index in [-0.39, 0.29) is 11.4 Å². The second-order valence-corrected chi connectivity index (χ2v) is 5.59. The molecule has 3 nitrogen and oxygen atoms in total. The number of hydrogen-bond donors (Lipinski definition) is 0. The van der Waals surface area contributed by atoms with Crippen LogP contribution >= 0.6 is 15.9 Å². The van der Waals surface area contributed by atoms with Gasteiger partial charge >= 0.3 is 0 Å². The topological polar surface area (TPSA) is 30.7 Å². The summed E-state index contributed by atoms with van der Waals surface area (Å²) in [5, 5.41) is 7.98. The van der Waals surface area contributed by atoms with Gasteiger partial charge in [-0.1, -0.05) is 6.07 Å². The van der Waals surface area contributed by atoms with Gasteiger partial charge < -0.3 is 4.57 Å². The molecule has 0 atom stereocenters. The normalized spacial score (nSPS) is 11.8. The predicted molar refractivity (Wildman–Crippen MR) is 68.1 cm³/mol. The van der Waals surface area contributed by atoms with Crippen LogP contribution in [-0.4, -0.2) is 14.8 Å². The lowest BCUT2D eigenvalue weighted by atomic mass is 10.1.